The van der Waals surface area contributed by atoms with Crippen molar-refractivity contribution in [3.63, 3.8) is 0 Å². The van der Waals surface area contributed by atoms with E-state index >= 15 is 0 Å². The van der Waals surface area contributed by atoms with Crippen molar-refractivity contribution in [1.29, 1.82) is 0 Å². The first-order chi connectivity index (χ1) is 13.8. The molecule has 0 spiro atoms. The third kappa shape index (κ3) is 8.41. The lowest BCUT2D eigenvalue weighted by atomic mass is 9.95. The highest BCUT2D eigenvalue weighted by molar-refractivity contribution is 5.89. The molecule has 6 nitrogen and oxygen atoms in total. The number of halogens is 4. The Labute approximate surface area is 164 Å². The Bertz CT molecular complexity index is 721. The predicted molar refractivity (Wildman–Crippen MR) is 94.7 cm³/mol. The molecule has 0 heterocycles. The zero-order valence-electron chi connectivity index (χ0n) is 15.4. The van der Waals surface area contributed by atoms with Crippen LogP contribution in [0.2, 0.25) is 0 Å². The van der Waals surface area contributed by atoms with Gasteiger partial charge in [-0.1, -0.05) is 19.3 Å². The molecule has 0 aliphatic heterocycles. The first kappa shape index (κ1) is 22.5. The van der Waals surface area contributed by atoms with E-state index < -0.39 is 37.5 Å². The van der Waals surface area contributed by atoms with Crippen molar-refractivity contribution >= 4 is 18.0 Å². The van der Waals surface area contributed by atoms with Gasteiger partial charge in [-0.25, -0.2) is 4.79 Å². The van der Waals surface area contributed by atoms with Crippen LogP contribution in [0.3, 0.4) is 0 Å². The topological polar surface area (TPSA) is 73.9 Å². The van der Waals surface area contributed by atoms with E-state index in [2.05, 4.69) is 14.8 Å². The summed E-state index contributed by atoms with van der Waals surface area (Å²) in [5, 5.41) is 2.78. The second-order valence-corrected chi connectivity index (χ2v) is 6.30. The lowest BCUT2D eigenvalue weighted by Gasteiger charge is -2.22. The summed E-state index contributed by atoms with van der Waals surface area (Å²) in [5.41, 5.74) is 0.00974. The Morgan fingerprint density at radius 3 is 2.41 bits per heavy atom. The summed E-state index contributed by atoms with van der Waals surface area (Å²) in [6.45, 7) is -6.81. The molecule has 1 aromatic carbocycles. The van der Waals surface area contributed by atoms with E-state index in [0.29, 0.717) is 0 Å². The van der Waals surface area contributed by atoms with E-state index in [9.17, 15) is 27.2 Å². The zero-order valence-corrected chi connectivity index (χ0v) is 15.4. The van der Waals surface area contributed by atoms with Crippen molar-refractivity contribution in [3.05, 3.63) is 29.8 Å². The van der Waals surface area contributed by atoms with Crippen LogP contribution in [-0.2, 0) is 14.3 Å². The molecular formula is C19H21F4NO5. The van der Waals surface area contributed by atoms with Gasteiger partial charge in [-0.2, -0.15) is 17.6 Å². The molecule has 0 atom stereocenters. The predicted octanol–water partition coefficient (Wildman–Crippen LogP) is 3.89. The van der Waals surface area contributed by atoms with Gasteiger partial charge in [0.25, 0.3) is 5.91 Å². The fourth-order valence-corrected chi connectivity index (χ4v) is 2.89. The van der Waals surface area contributed by atoms with Crippen LogP contribution in [0.4, 0.5) is 17.6 Å². The number of esters is 1. The maximum atomic E-state index is 12.5. The number of benzene rings is 1. The lowest BCUT2D eigenvalue weighted by molar-refractivity contribution is -0.144. The first-order valence-corrected chi connectivity index (χ1v) is 9.01. The Balaban J connectivity index is 1.91. The number of hydrogen-bond donors (Lipinski definition) is 1. The van der Waals surface area contributed by atoms with Crippen molar-refractivity contribution < 1.29 is 41.4 Å². The number of hydrogen-bond acceptors (Lipinski definition) is 5. The van der Waals surface area contributed by atoms with Crippen molar-refractivity contribution in [1.82, 2.24) is 5.32 Å². The second kappa shape index (κ2) is 11.3. The summed E-state index contributed by atoms with van der Waals surface area (Å²) in [6, 6.07) is 3.19. The molecule has 0 saturated heterocycles. The van der Waals surface area contributed by atoms with Gasteiger partial charge in [-0.3, -0.25) is 4.79 Å². The molecule has 0 radical (unpaired) electrons. The van der Waals surface area contributed by atoms with Gasteiger partial charge in [-0.15, -0.1) is 0 Å². The van der Waals surface area contributed by atoms with Crippen LogP contribution in [-0.4, -0.2) is 37.7 Å². The van der Waals surface area contributed by atoms with E-state index in [1.165, 1.54) is 0 Å². The highest BCUT2D eigenvalue weighted by Crippen LogP contribution is 2.28. The molecule has 1 fully saturated rings. The number of nitrogens with one attached hydrogen (secondary N) is 1. The van der Waals surface area contributed by atoms with E-state index in [4.69, 9.17) is 4.74 Å². The summed E-state index contributed by atoms with van der Waals surface area (Å²) in [5.74, 6) is -2.14. The van der Waals surface area contributed by atoms with Crippen LogP contribution in [0.1, 0.15) is 37.7 Å². The molecule has 0 bridgehead atoms. The minimum absolute atomic E-state index is 0.00974. The monoisotopic (exact) mass is 419 g/mol. The van der Waals surface area contributed by atoms with Gasteiger partial charge < -0.3 is 19.5 Å². The molecule has 1 saturated carbocycles. The number of carbonyl (C=O) groups is 2. The Kier molecular flexibility index (Phi) is 8.75. The maximum Gasteiger partial charge on any atom is 0.387 e. The first-order valence-electron chi connectivity index (χ1n) is 9.01. The van der Waals surface area contributed by atoms with Gasteiger partial charge >= 0.3 is 19.2 Å². The molecule has 0 aromatic heterocycles. The smallest absolute Gasteiger partial charge is 0.387 e. The standard InChI is InChI=1S/C19H21F4NO5/c20-18(21)28-14-8-6-12(15(10-14)29-19(22)23)7-9-17(26)27-11-16(25)24-13-4-2-1-3-5-13/h6-10,13,18-19H,1-5,11H2,(H,24,25)/b9-7+. The van der Waals surface area contributed by atoms with Gasteiger partial charge in [0.1, 0.15) is 11.5 Å². The molecule has 160 valence electrons. The van der Waals surface area contributed by atoms with Gasteiger partial charge in [0.05, 0.1) is 0 Å². The Morgan fingerprint density at radius 1 is 1.07 bits per heavy atom. The summed E-state index contributed by atoms with van der Waals surface area (Å²) >= 11 is 0. The van der Waals surface area contributed by atoms with Crippen LogP contribution in [0.5, 0.6) is 11.5 Å². The van der Waals surface area contributed by atoms with Crippen molar-refractivity contribution in [2.24, 2.45) is 0 Å². The highest BCUT2D eigenvalue weighted by atomic mass is 19.3. The van der Waals surface area contributed by atoms with E-state index in [1.807, 2.05) is 0 Å². The quantitative estimate of drug-likeness (QED) is 0.373. The molecular weight excluding hydrogens is 398 g/mol. The number of amides is 1. The van der Waals surface area contributed by atoms with Crippen LogP contribution in [0.25, 0.3) is 6.08 Å². The van der Waals surface area contributed by atoms with E-state index in [0.717, 1.165) is 62.5 Å². The minimum atomic E-state index is -3.21. The lowest BCUT2D eigenvalue weighted by Crippen LogP contribution is -2.38. The molecule has 1 amide bonds. The summed E-state index contributed by atoms with van der Waals surface area (Å²) in [7, 11) is 0. The van der Waals surface area contributed by atoms with Crippen molar-refractivity contribution in [3.8, 4) is 11.5 Å². The maximum absolute atomic E-state index is 12.5. The van der Waals surface area contributed by atoms with E-state index in [-0.39, 0.29) is 17.4 Å². The molecule has 1 aromatic rings. The summed E-state index contributed by atoms with van der Waals surface area (Å²) in [4.78, 5) is 23.6. The summed E-state index contributed by atoms with van der Waals surface area (Å²) in [6.07, 6.45) is 7.00. The average Bonchev–Trinajstić information content (AvgIpc) is 2.65. The van der Waals surface area contributed by atoms with E-state index in [1.54, 1.807) is 0 Å². The van der Waals surface area contributed by atoms with Crippen LogP contribution in [0, 0.1) is 0 Å². The van der Waals surface area contributed by atoms with Gasteiger partial charge in [-0.05, 0) is 31.1 Å². The molecule has 10 heteroatoms. The van der Waals surface area contributed by atoms with Crippen LogP contribution < -0.4 is 14.8 Å². The molecule has 29 heavy (non-hydrogen) atoms. The number of alkyl halides is 4. The highest BCUT2D eigenvalue weighted by Gasteiger charge is 2.16. The summed E-state index contributed by atoms with van der Waals surface area (Å²) < 4.78 is 62.7. The number of rotatable bonds is 9. The SMILES string of the molecule is O=C(COC(=O)/C=C/c1ccc(OC(F)F)cc1OC(F)F)NC1CCCCC1. The molecule has 1 aliphatic rings. The molecule has 2 rings (SSSR count). The van der Waals surface area contributed by atoms with Crippen molar-refractivity contribution in [2.75, 3.05) is 6.61 Å². The third-order valence-electron chi connectivity index (χ3n) is 4.14. The van der Waals surface area contributed by atoms with Gasteiger partial charge in [0.2, 0.25) is 0 Å². The molecule has 1 aliphatic carbocycles. The minimum Gasteiger partial charge on any atom is -0.452 e. The Morgan fingerprint density at radius 2 is 1.76 bits per heavy atom. The van der Waals surface area contributed by atoms with Crippen LogP contribution >= 0.6 is 0 Å². The van der Waals surface area contributed by atoms with Gasteiger partial charge in [0, 0.05) is 23.7 Å². The largest absolute Gasteiger partial charge is 0.452 e. The average molecular weight is 419 g/mol. The molecule has 1 N–H and O–H groups in total. The molecule has 0 unspecified atom stereocenters. The fraction of sp³-hybridized carbons (Fsp3) is 0.474. The Hall–Kier alpha value is -2.78. The third-order valence-corrected chi connectivity index (χ3v) is 4.14. The zero-order chi connectivity index (χ0) is 21.2. The van der Waals surface area contributed by atoms with Crippen LogP contribution in [0.15, 0.2) is 24.3 Å². The second-order valence-electron chi connectivity index (χ2n) is 6.30. The fourth-order valence-electron chi connectivity index (χ4n) is 2.89. The van der Waals surface area contributed by atoms with Gasteiger partial charge in [0.15, 0.2) is 6.61 Å². The van der Waals surface area contributed by atoms with Crippen molar-refractivity contribution in [2.45, 2.75) is 51.4 Å². The number of carbonyl (C=O) groups excluding carboxylic acids is 2. The normalized spacial score (nSPS) is 15.0. The number of ether oxygens (including phenoxy) is 3.